The molecule has 0 radical (unpaired) electrons. The van der Waals surface area contributed by atoms with Crippen LogP contribution in [0.2, 0.25) is 0 Å². The first-order chi connectivity index (χ1) is 7.68. The van der Waals surface area contributed by atoms with E-state index in [1.165, 1.54) is 27.8 Å². The summed E-state index contributed by atoms with van der Waals surface area (Å²) < 4.78 is 0. The van der Waals surface area contributed by atoms with Gasteiger partial charge in [0.2, 0.25) is 0 Å². The molecule has 16 heavy (non-hydrogen) atoms. The number of aryl methyl sites for hydroxylation is 1. The van der Waals surface area contributed by atoms with Crippen LogP contribution in [-0.2, 0) is 0 Å². The average Bonchev–Trinajstić information content (AvgIpc) is 2.44. The van der Waals surface area contributed by atoms with Crippen molar-refractivity contribution in [1.29, 1.82) is 0 Å². The van der Waals surface area contributed by atoms with Gasteiger partial charge in [0.15, 0.2) is 0 Å². The van der Waals surface area contributed by atoms with Crippen molar-refractivity contribution in [3.05, 3.63) is 64.8 Å². The van der Waals surface area contributed by atoms with Crippen molar-refractivity contribution in [2.75, 3.05) is 0 Å². The molecule has 0 spiro atoms. The van der Waals surface area contributed by atoms with Gasteiger partial charge in [-0.3, -0.25) is 0 Å². The van der Waals surface area contributed by atoms with E-state index in [0.29, 0.717) is 0 Å². The molecule has 0 aliphatic heterocycles. The average molecular weight is 210 g/mol. The molecule has 2 rings (SSSR count). The van der Waals surface area contributed by atoms with Gasteiger partial charge in [-0.05, 0) is 43.9 Å². The Morgan fingerprint density at radius 2 is 1.69 bits per heavy atom. The van der Waals surface area contributed by atoms with Crippen LogP contribution in [0.15, 0.2) is 53.6 Å². The van der Waals surface area contributed by atoms with E-state index < -0.39 is 0 Å². The Balaban J connectivity index is 2.39. The van der Waals surface area contributed by atoms with E-state index in [9.17, 15) is 0 Å². The minimum atomic E-state index is 1.06. The maximum absolute atomic E-state index is 2.32. The Morgan fingerprint density at radius 3 is 2.44 bits per heavy atom. The molecule has 0 bridgehead atoms. The molecule has 1 aromatic carbocycles. The monoisotopic (exact) mass is 210 g/mol. The molecule has 0 heteroatoms. The van der Waals surface area contributed by atoms with Gasteiger partial charge in [-0.15, -0.1) is 0 Å². The molecule has 1 aromatic rings. The van der Waals surface area contributed by atoms with Gasteiger partial charge in [0.1, 0.15) is 0 Å². The minimum Gasteiger partial charge on any atom is -0.0726 e. The van der Waals surface area contributed by atoms with Crippen LogP contribution in [0.1, 0.15) is 31.4 Å². The van der Waals surface area contributed by atoms with E-state index >= 15 is 0 Å². The molecule has 1 aliphatic carbocycles. The standard InChI is InChI=1S/C16H18/c1-12-8-10-15(11-9-13(12)2)16-7-5-4-6-14(16)3/h4-8,10-11H,9H2,1-3H3. The Morgan fingerprint density at radius 1 is 0.938 bits per heavy atom. The topological polar surface area (TPSA) is 0 Å². The first-order valence-electron chi connectivity index (χ1n) is 5.79. The zero-order chi connectivity index (χ0) is 11.5. The summed E-state index contributed by atoms with van der Waals surface area (Å²) in [5.74, 6) is 0. The summed E-state index contributed by atoms with van der Waals surface area (Å²) in [6.45, 7) is 6.56. The summed E-state index contributed by atoms with van der Waals surface area (Å²) in [5, 5.41) is 0. The molecule has 0 atom stereocenters. The van der Waals surface area contributed by atoms with E-state index in [0.717, 1.165) is 6.42 Å². The lowest BCUT2D eigenvalue weighted by atomic mass is 9.99. The van der Waals surface area contributed by atoms with Crippen LogP contribution in [0.4, 0.5) is 0 Å². The van der Waals surface area contributed by atoms with Crippen molar-refractivity contribution < 1.29 is 0 Å². The van der Waals surface area contributed by atoms with Crippen LogP contribution >= 0.6 is 0 Å². The van der Waals surface area contributed by atoms with Crippen molar-refractivity contribution in [2.45, 2.75) is 27.2 Å². The second kappa shape index (κ2) is 4.52. The first kappa shape index (κ1) is 10.9. The molecule has 0 aromatic heterocycles. The zero-order valence-electron chi connectivity index (χ0n) is 10.2. The second-order valence-electron chi connectivity index (χ2n) is 4.48. The Labute approximate surface area is 98.0 Å². The third-order valence-electron chi connectivity index (χ3n) is 3.27. The summed E-state index contributed by atoms with van der Waals surface area (Å²) in [4.78, 5) is 0. The van der Waals surface area contributed by atoms with Gasteiger partial charge in [0.25, 0.3) is 0 Å². The highest BCUT2D eigenvalue weighted by molar-refractivity contribution is 5.77. The van der Waals surface area contributed by atoms with Crippen LogP contribution in [0.5, 0.6) is 0 Å². The van der Waals surface area contributed by atoms with Crippen molar-refractivity contribution in [3.8, 4) is 0 Å². The fraction of sp³-hybridized carbons (Fsp3) is 0.250. The lowest BCUT2D eigenvalue weighted by molar-refractivity contribution is 1.17. The predicted octanol–water partition coefficient (Wildman–Crippen LogP) is 4.67. The molecule has 0 heterocycles. The Kier molecular flexibility index (Phi) is 3.09. The molecule has 0 unspecified atom stereocenters. The van der Waals surface area contributed by atoms with Crippen molar-refractivity contribution in [3.63, 3.8) is 0 Å². The van der Waals surface area contributed by atoms with E-state index in [4.69, 9.17) is 0 Å². The van der Waals surface area contributed by atoms with E-state index in [-0.39, 0.29) is 0 Å². The zero-order valence-corrected chi connectivity index (χ0v) is 10.2. The fourth-order valence-corrected chi connectivity index (χ4v) is 1.95. The lowest BCUT2D eigenvalue weighted by Gasteiger charge is -2.05. The van der Waals surface area contributed by atoms with Gasteiger partial charge >= 0.3 is 0 Å². The minimum absolute atomic E-state index is 1.06. The number of benzene rings is 1. The largest absolute Gasteiger partial charge is 0.0726 e. The van der Waals surface area contributed by atoms with Crippen LogP contribution in [0.3, 0.4) is 0 Å². The molecular formula is C16H18. The first-order valence-corrected chi connectivity index (χ1v) is 5.79. The summed E-state index contributed by atoms with van der Waals surface area (Å²) in [5.41, 5.74) is 6.88. The van der Waals surface area contributed by atoms with Crippen LogP contribution in [0, 0.1) is 6.92 Å². The third kappa shape index (κ3) is 2.16. The number of allylic oxidation sites excluding steroid dienone is 6. The highest BCUT2D eigenvalue weighted by atomic mass is 14.1. The van der Waals surface area contributed by atoms with E-state index in [2.05, 4.69) is 63.3 Å². The fourth-order valence-electron chi connectivity index (χ4n) is 1.95. The molecule has 1 aliphatic rings. The van der Waals surface area contributed by atoms with Gasteiger partial charge in [-0.2, -0.15) is 0 Å². The van der Waals surface area contributed by atoms with Crippen LogP contribution in [0.25, 0.3) is 5.57 Å². The molecular weight excluding hydrogens is 192 g/mol. The van der Waals surface area contributed by atoms with Crippen LogP contribution in [-0.4, -0.2) is 0 Å². The highest BCUT2D eigenvalue weighted by Crippen LogP contribution is 2.25. The summed E-state index contributed by atoms with van der Waals surface area (Å²) in [6.07, 6.45) is 7.84. The van der Waals surface area contributed by atoms with Gasteiger partial charge in [-0.1, -0.05) is 53.6 Å². The van der Waals surface area contributed by atoms with E-state index in [1.54, 1.807) is 0 Å². The Bertz CT molecular complexity index is 485. The smallest absolute Gasteiger partial charge is 0.0127 e. The third-order valence-corrected chi connectivity index (χ3v) is 3.27. The predicted molar refractivity (Wildman–Crippen MR) is 71.3 cm³/mol. The summed E-state index contributed by atoms with van der Waals surface area (Å²) in [6, 6.07) is 8.56. The summed E-state index contributed by atoms with van der Waals surface area (Å²) in [7, 11) is 0. The molecule has 0 N–H and O–H groups in total. The van der Waals surface area contributed by atoms with Crippen molar-refractivity contribution in [2.24, 2.45) is 0 Å². The van der Waals surface area contributed by atoms with Gasteiger partial charge in [0, 0.05) is 0 Å². The van der Waals surface area contributed by atoms with Gasteiger partial charge in [-0.25, -0.2) is 0 Å². The lowest BCUT2D eigenvalue weighted by Crippen LogP contribution is -1.85. The number of rotatable bonds is 1. The second-order valence-corrected chi connectivity index (χ2v) is 4.48. The number of hydrogen-bond acceptors (Lipinski definition) is 0. The molecule has 0 nitrogen and oxygen atoms in total. The molecule has 82 valence electrons. The number of hydrogen-bond donors (Lipinski definition) is 0. The maximum atomic E-state index is 2.32. The highest BCUT2D eigenvalue weighted by Gasteiger charge is 2.04. The van der Waals surface area contributed by atoms with E-state index in [1.807, 2.05) is 0 Å². The Hall–Kier alpha value is -1.56. The molecule has 0 saturated heterocycles. The van der Waals surface area contributed by atoms with Gasteiger partial charge in [0.05, 0.1) is 0 Å². The normalized spacial score (nSPS) is 16.1. The molecule has 0 amide bonds. The molecule has 0 saturated carbocycles. The maximum Gasteiger partial charge on any atom is -0.0127 e. The van der Waals surface area contributed by atoms with Crippen LogP contribution < -0.4 is 0 Å². The quantitative estimate of drug-likeness (QED) is 0.631. The molecule has 0 fully saturated rings. The van der Waals surface area contributed by atoms with Gasteiger partial charge < -0.3 is 0 Å². The van der Waals surface area contributed by atoms with Crippen molar-refractivity contribution >= 4 is 5.57 Å². The van der Waals surface area contributed by atoms with Crippen molar-refractivity contribution in [1.82, 2.24) is 0 Å². The summed E-state index contributed by atoms with van der Waals surface area (Å²) >= 11 is 0. The SMILES string of the molecule is CC1=C(C)CC=C(c2ccccc2C)C=C1.